The summed E-state index contributed by atoms with van der Waals surface area (Å²) >= 11 is 6.70. The van der Waals surface area contributed by atoms with E-state index in [1.807, 2.05) is 19.1 Å². The number of halogens is 2. The van der Waals surface area contributed by atoms with E-state index in [9.17, 15) is 14.7 Å². The van der Waals surface area contributed by atoms with E-state index < -0.39 is 11.5 Å². The van der Waals surface area contributed by atoms with E-state index in [4.69, 9.17) is 0 Å². The van der Waals surface area contributed by atoms with E-state index in [1.54, 1.807) is 30.3 Å². The fraction of sp³-hybridized carbons (Fsp3) is 0.222. The Bertz CT molecular complexity index is 837. The SMILES string of the molecule is CCN1C(=O)[C@@](O)(CC(=O)c2cccc(Br)c2)c2cc(Br)ccc21. The highest BCUT2D eigenvalue weighted by atomic mass is 79.9. The molecule has 0 saturated carbocycles. The molecule has 0 fully saturated rings. The van der Waals surface area contributed by atoms with Crippen molar-refractivity contribution >= 4 is 49.2 Å². The Kier molecular flexibility index (Phi) is 4.64. The van der Waals surface area contributed by atoms with Gasteiger partial charge in [-0.15, -0.1) is 0 Å². The maximum Gasteiger partial charge on any atom is 0.264 e. The molecular formula is C18H15Br2NO3. The van der Waals surface area contributed by atoms with Crippen molar-refractivity contribution in [2.45, 2.75) is 18.9 Å². The topological polar surface area (TPSA) is 57.6 Å². The van der Waals surface area contributed by atoms with Crippen molar-refractivity contribution < 1.29 is 14.7 Å². The number of carbonyl (C=O) groups is 2. The molecule has 0 spiro atoms. The van der Waals surface area contributed by atoms with Crippen LogP contribution in [0, 0.1) is 0 Å². The number of carbonyl (C=O) groups excluding carboxylic acids is 2. The molecule has 0 bridgehead atoms. The quantitative estimate of drug-likeness (QED) is 0.712. The molecule has 0 aromatic heterocycles. The summed E-state index contributed by atoms with van der Waals surface area (Å²) in [6, 6.07) is 12.2. The highest BCUT2D eigenvalue weighted by Crippen LogP contribution is 2.44. The van der Waals surface area contributed by atoms with Crippen molar-refractivity contribution in [2.75, 3.05) is 11.4 Å². The smallest absolute Gasteiger partial charge is 0.264 e. The molecule has 1 atom stereocenters. The molecule has 2 aromatic rings. The lowest BCUT2D eigenvalue weighted by atomic mass is 9.88. The second-order valence-corrected chi connectivity index (χ2v) is 7.51. The van der Waals surface area contributed by atoms with E-state index in [1.165, 1.54) is 4.90 Å². The molecule has 1 N–H and O–H groups in total. The lowest BCUT2D eigenvalue weighted by molar-refractivity contribution is -0.135. The Labute approximate surface area is 156 Å². The monoisotopic (exact) mass is 451 g/mol. The molecule has 4 nitrogen and oxygen atoms in total. The van der Waals surface area contributed by atoms with Gasteiger partial charge in [0, 0.05) is 26.6 Å². The van der Waals surface area contributed by atoms with Gasteiger partial charge in [0.15, 0.2) is 11.4 Å². The predicted octanol–water partition coefficient (Wildman–Crippen LogP) is 4.04. The minimum Gasteiger partial charge on any atom is -0.375 e. The van der Waals surface area contributed by atoms with Crippen molar-refractivity contribution in [1.82, 2.24) is 0 Å². The van der Waals surface area contributed by atoms with Crippen LogP contribution in [0.25, 0.3) is 0 Å². The van der Waals surface area contributed by atoms with Crippen LogP contribution in [0.3, 0.4) is 0 Å². The average molecular weight is 453 g/mol. The summed E-state index contributed by atoms with van der Waals surface area (Å²) in [4.78, 5) is 26.9. The number of hydrogen-bond acceptors (Lipinski definition) is 3. The molecule has 1 heterocycles. The van der Waals surface area contributed by atoms with Gasteiger partial charge in [-0.25, -0.2) is 0 Å². The first-order chi connectivity index (χ1) is 11.4. The number of fused-ring (bicyclic) bond motifs is 1. The Hall–Kier alpha value is -1.50. The third kappa shape index (κ3) is 2.83. The number of Topliss-reactive ketones (excluding diaryl/α,β-unsaturated/α-hetero) is 1. The third-order valence-electron chi connectivity index (χ3n) is 4.17. The van der Waals surface area contributed by atoms with Gasteiger partial charge in [-0.1, -0.05) is 44.0 Å². The highest BCUT2D eigenvalue weighted by molar-refractivity contribution is 9.10. The molecule has 124 valence electrons. The molecule has 1 aliphatic rings. The van der Waals surface area contributed by atoms with Crippen molar-refractivity contribution in [1.29, 1.82) is 0 Å². The number of ketones is 1. The molecule has 3 rings (SSSR count). The van der Waals surface area contributed by atoms with Crippen LogP contribution in [0.1, 0.15) is 29.3 Å². The van der Waals surface area contributed by atoms with Crippen molar-refractivity contribution in [3.63, 3.8) is 0 Å². The van der Waals surface area contributed by atoms with Crippen LogP contribution in [0.5, 0.6) is 0 Å². The molecule has 24 heavy (non-hydrogen) atoms. The first-order valence-corrected chi connectivity index (χ1v) is 9.08. The molecule has 0 radical (unpaired) electrons. The molecule has 1 aliphatic heterocycles. The summed E-state index contributed by atoms with van der Waals surface area (Å²) in [6.07, 6.45) is -0.289. The molecule has 0 saturated heterocycles. The number of amides is 1. The fourth-order valence-corrected chi connectivity index (χ4v) is 3.76. The van der Waals surface area contributed by atoms with Crippen LogP contribution in [-0.4, -0.2) is 23.3 Å². The Morgan fingerprint density at radius 1 is 1.17 bits per heavy atom. The van der Waals surface area contributed by atoms with Gasteiger partial charge in [-0.2, -0.15) is 0 Å². The number of nitrogens with zero attached hydrogens (tertiary/aromatic N) is 1. The maximum absolute atomic E-state index is 12.8. The number of rotatable bonds is 4. The minimum absolute atomic E-state index is 0.281. The number of likely N-dealkylation sites (N-methyl/N-ethyl adjacent to an activating group) is 1. The summed E-state index contributed by atoms with van der Waals surface area (Å²) in [5, 5.41) is 11.1. The summed E-state index contributed by atoms with van der Waals surface area (Å²) in [5.41, 5.74) is -0.270. The van der Waals surface area contributed by atoms with E-state index >= 15 is 0 Å². The van der Waals surface area contributed by atoms with E-state index in [0.29, 0.717) is 23.4 Å². The second-order valence-electron chi connectivity index (χ2n) is 5.68. The van der Waals surface area contributed by atoms with Crippen LogP contribution in [0.2, 0.25) is 0 Å². The normalized spacial score (nSPS) is 19.5. The average Bonchev–Trinajstić information content (AvgIpc) is 2.75. The first-order valence-electron chi connectivity index (χ1n) is 7.50. The summed E-state index contributed by atoms with van der Waals surface area (Å²) < 4.78 is 1.52. The number of hydrogen-bond donors (Lipinski definition) is 1. The lowest BCUT2D eigenvalue weighted by Gasteiger charge is -2.22. The van der Waals surface area contributed by atoms with Crippen molar-refractivity contribution in [2.24, 2.45) is 0 Å². The zero-order valence-electron chi connectivity index (χ0n) is 12.9. The molecular weight excluding hydrogens is 438 g/mol. The van der Waals surface area contributed by atoms with Crippen molar-refractivity contribution in [3.8, 4) is 0 Å². The van der Waals surface area contributed by atoms with Gasteiger partial charge in [-0.3, -0.25) is 9.59 Å². The van der Waals surface area contributed by atoms with Crippen LogP contribution in [0.4, 0.5) is 5.69 Å². The summed E-state index contributed by atoms with van der Waals surface area (Å²) in [7, 11) is 0. The Morgan fingerprint density at radius 2 is 1.88 bits per heavy atom. The zero-order chi connectivity index (χ0) is 17.5. The van der Waals surface area contributed by atoms with Gasteiger partial charge in [0.2, 0.25) is 0 Å². The van der Waals surface area contributed by atoms with E-state index in [0.717, 1.165) is 8.95 Å². The maximum atomic E-state index is 12.8. The van der Waals surface area contributed by atoms with Crippen LogP contribution >= 0.6 is 31.9 Å². The van der Waals surface area contributed by atoms with Gasteiger partial charge in [-0.05, 0) is 37.3 Å². The predicted molar refractivity (Wildman–Crippen MR) is 99.2 cm³/mol. The van der Waals surface area contributed by atoms with Crippen LogP contribution in [0.15, 0.2) is 51.4 Å². The van der Waals surface area contributed by atoms with Gasteiger partial charge in [0.05, 0.1) is 12.1 Å². The Morgan fingerprint density at radius 3 is 2.54 bits per heavy atom. The molecule has 6 heteroatoms. The van der Waals surface area contributed by atoms with E-state index in [2.05, 4.69) is 31.9 Å². The number of aliphatic hydroxyl groups is 1. The van der Waals surface area contributed by atoms with Crippen molar-refractivity contribution in [3.05, 3.63) is 62.5 Å². The van der Waals surface area contributed by atoms with E-state index in [-0.39, 0.29) is 12.2 Å². The summed E-state index contributed by atoms with van der Waals surface area (Å²) in [6.45, 7) is 2.27. The Balaban J connectivity index is 2.02. The van der Waals surface area contributed by atoms with Gasteiger partial charge in [0.25, 0.3) is 5.91 Å². The molecule has 2 aromatic carbocycles. The number of benzene rings is 2. The lowest BCUT2D eigenvalue weighted by Crippen LogP contribution is -2.41. The number of anilines is 1. The molecule has 0 aliphatic carbocycles. The van der Waals surface area contributed by atoms with Crippen LogP contribution < -0.4 is 4.90 Å². The largest absolute Gasteiger partial charge is 0.375 e. The highest BCUT2D eigenvalue weighted by Gasteiger charge is 2.50. The zero-order valence-corrected chi connectivity index (χ0v) is 16.1. The molecule has 0 unspecified atom stereocenters. The second kappa shape index (κ2) is 6.43. The molecule has 1 amide bonds. The van der Waals surface area contributed by atoms with Gasteiger partial charge in [0.1, 0.15) is 0 Å². The fourth-order valence-electron chi connectivity index (χ4n) is 3.00. The third-order valence-corrected chi connectivity index (χ3v) is 5.16. The van der Waals surface area contributed by atoms with Crippen LogP contribution in [-0.2, 0) is 10.4 Å². The first kappa shape index (κ1) is 17.3. The standard InChI is InChI=1S/C18H15Br2NO3/c1-2-21-15-7-6-13(20)9-14(15)18(24,17(21)23)10-16(22)11-4-3-5-12(19)8-11/h3-9,24H,2,10H2,1H3/t18-/m1/s1. The summed E-state index contributed by atoms with van der Waals surface area (Å²) in [5.74, 6) is -0.738. The van der Waals surface area contributed by atoms with Gasteiger partial charge >= 0.3 is 0 Å². The van der Waals surface area contributed by atoms with Gasteiger partial charge < -0.3 is 10.0 Å². The minimum atomic E-state index is -1.84.